The van der Waals surface area contributed by atoms with Gasteiger partial charge in [-0.05, 0) is 31.1 Å². The number of ether oxygens (including phenoxy) is 1. The Labute approximate surface area is 82.9 Å². The van der Waals surface area contributed by atoms with E-state index in [-0.39, 0.29) is 0 Å². The van der Waals surface area contributed by atoms with Gasteiger partial charge >= 0.3 is 0 Å². The largest absolute Gasteiger partial charge is 0.453 e. The Kier molecular flexibility index (Phi) is 1.60. The van der Waals surface area contributed by atoms with Crippen LogP contribution in [0.1, 0.15) is 12.8 Å². The van der Waals surface area contributed by atoms with E-state index in [0.29, 0.717) is 0 Å². The Morgan fingerprint density at radius 3 is 3.14 bits per heavy atom. The van der Waals surface area contributed by atoms with Crippen LogP contribution in [0, 0.1) is 0 Å². The molecule has 1 aliphatic carbocycles. The Morgan fingerprint density at radius 2 is 2.14 bits per heavy atom. The quantitative estimate of drug-likeness (QED) is 0.670. The number of fused-ring (bicyclic) bond motifs is 1. The molecule has 0 aromatic heterocycles. The lowest BCUT2D eigenvalue weighted by Crippen LogP contribution is -2.14. The minimum Gasteiger partial charge on any atom is -0.453 e. The SMILES string of the molecule is C1=CC2=C(CC1)Nc1ccccc1O2. The van der Waals surface area contributed by atoms with Crippen molar-refractivity contribution in [2.45, 2.75) is 12.8 Å². The van der Waals surface area contributed by atoms with Crippen LogP contribution in [-0.4, -0.2) is 0 Å². The van der Waals surface area contributed by atoms with Gasteiger partial charge in [-0.2, -0.15) is 0 Å². The van der Waals surface area contributed by atoms with Crippen molar-refractivity contribution in [3.05, 3.63) is 47.9 Å². The van der Waals surface area contributed by atoms with Crippen LogP contribution < -0.4 is 10.1 Å². The number of benzene rings is 1. The lowest BCUT2D eigenvalue weighted by atomic mass is 10.1. The molecule has 1 N–H and O–H groups in total. The van der Waals surface area contributed by atoms with Gasteiger partial charge < -0.3 is 10.1 Å². The standard InChI is InChI=1S/C12H11NO/c1-3-7-11-9(5-1)13-10-6-2-4-8-12(10)14-11/h1,3-5,7-8,13H,2,6H2. The number of anilines is 1. The molecule has 1 aromatic rings. The summed E-state index contributed by atoms with van der Waals surface area (Å²) in [6, 6.07) is 8.02. The number of hydrogen-bond donors (Lipinski definition) is 1. The highest BCUT2D eigenvalue weighted by atomic mass is 16.5. The zero-order chi connectivity index (χ0) is 9.38. The van der Waals surface area contributed by atoms with Crippen LogP contribution >= 0.6 is 0 Å². The minimum atomic E-state index is 0.915. The van der Waals surface area contributed by atoms with Crippen LogP contribution in [0.25, 0.3) is 0 Å². The molecule has 0 fully saturated rings. The summed E-state index contributed by atoms with van der Waals surface area (Å²) >= 11 is 0. The highest BCUT2D eigenvalue weighted by Gasteiger charge is 2.18. The van der Waals surface area contributed by atoms with E-state index in [2.05, 4.69) is 11.4 Å². The maximum absolute atomic E-state index is 5.77. The molecule has 0 saturated heterocycles. The maximum atomic E-state index is 5.77. The van der Waals surface area contributed by atoms with Crippen molar-refractivity contribution in [1.29, 1.82) is 0 Å². The van der Waals surface area contributed by atoms with Crippen molar-refractivity contribution >= 4 is 5.69 Å². The molecule has 1 heterocycles. The molecule has 0 atom stereocenters. The minimum absolute atomic E-state index is 0.915. The summed E-state index contributed by atoms with van der Waals surface area (Å²) in [6.45, 7) is 0. The molecule has 14 heavy (non-hydrogen) atoms. The van der Waals surface area contributed by atoms with E-state index in [4.69, 9.17) is 4.74 Å². The fraction of sp³-hybridized carbons (Fsp3) is 0.167. The molecule has 0 spiro atoms. The summed E-state index contributed by atoms with van der Waals surface area (Å²) in [5.41, 5.74) is 2.27. The first kappa shape index (κ1) is 7.68. The predicted octanol–water partition coefficient (Wildman–Crippen LogP) is 3.05. The Hall–Kier alpha value is -1.70. The lowest BCUT2D eigenvalue weighted by Gasteiger charge is -2.25. The summed E-state index contributed by atoms with van der Waals surface area (Å²) in [4.78, 5) is 0. The number of allylic oxidation sites excluding steroid dienone is 3. The number of para-hydroxylation sites is 2. The van der Waals surface area contributed by atoms with Crippen LogP contribution in [0.4, 0.5) is 5.69 Å². The van der Waals surface area contributed by atoms with E-state index in [1.165, 1.54) is 5.70 Å². The van der Waals surface area contributed by atoms with Crippen LogP contribution in [-0.2, 0) is 0 Å². The van der Waals surface area contributed by atoms with Gasteiger partial charge in [0.05, 0.1) is 11.4 Å². The fourth-order valence-electron chi connectivity index (χ4n) is 1.80. The summed E-state index contributed by atoms with van der Waals surface area (Å²) < 4.78 is 5.77. The number of rotatable bonds is 0. The molecule has 2 aliphatic rings. The van der Waals surface area contributed by atoms with E-state index in [9.17, 15) is 0 Å². The molecule has 3 rings (SSSR count). The molecular weight excluding hydrogens is 174 g/mol. The monoisotopic (exact) mass is 185 g/mol. The molecule has 0 radical (unpaired) electrons. The molecule has 0 unspecified atom stereocenters. The molecular formula is C12H11NO. The zero-order valence-corrected chi connectivity index (χ0v) is 7.79. The maximum Gasteiger partial charge on any atom is 0.150 e. The van der Waals surface area contributed by atoms with Gasteiger partial charge in [0.2, 0.25) is 0 Å². The topological polar surface area (TPSA) is 21.3 Å². The lowest BCUT2D eigenvalue weighted by molar-refractivity contribution is 0.427. The Balaban J connectivity index is 2.03. The average molecular weight is 185 g/mol. The zero-order valence-electron chi connectivity index (χ0n) is 7.79. The van der Waals surface area contributed by atoms with Gasteiger partial charge in [-0.15, -0.1) is 0 Å². The first-order chi connectivity index (χ1) is 6.93. The van der Waals surface area contributed by atoms with E-state index < -0.39 is 0 Å². The average Bonchev–Trinajstić information content (AvgIpc) is 2.26. The number of nitrogens with one attached hydrogen (secondary N) is 1. The van der Waals surface area contributed by atoms with Crippen LogP contribution in [0.2, 0.25) is 0 Å². The predicted molar refractivity (Wildman–Crippen MR) is 56.1 cm³/mol. The molecule has 0 saturated carbocycles. The third-order valence-electron chi connectivity index (χ3n) is 2.52. The third kappa shape index (κ3) is 1.11. The second-order valence-corrected chi connectivity index (χ2v) is 3.51. The van der Waals surface area contributed by atoms with Crippen LogP contribution in [0.3, 0.4) is 0 Å². The van der Waals surface area contributed by atoms with Gasteiger partial charge in [0.15, 0.2) is 5.75 Å². The number of hydrogen-bond acceptors (Lipinski definition) is 2. The van der Waals surface area contributed by atoms with Gasteiger partial charge in [-0.1, -0.05) is 18.2 Å². The second-order valence-electron chi connectivity index (χ2n) is 3.51. The van der Waals surface area contributed by atoms with E-state index in [1.807, 2.05) is 30.3 Å². The van der Waals surface area contributed by atoms with E-state index >= 15 is 0 Å². The summed E-state index contributed by atoms with van der Waals surface area (Å²) in [6.07, 6.45) is 6.33. The summed E-state index contributed by atoms with van der Waals surface area (Å²) in [5.74, 6) is 1.88. The molecule has 2 heteroatoms. The Morgan fingerprint density at radius 1 is 1.21 bits per heavy atom. The van der Waals surface area contributed by atoms with Gasteiger partial charge in [0.1, 0.15) is 5.76 Å². The van der Waals surface area contributed by atoms with Crippen LogP contribution in [0.5, 0.6) is 5.75 Å². The van der Waals surface area contributed by atoms with E-state index in [0.717, 1.165) is 30.0 Å². The van der Waals surface area contributed by atoms with Crippen molar-refractivity contribution in [2.24, 2.45) is 0 Å². The fourth-order valence-corrected chi connectivity index (χ4v) is 1.80. The second kappa shape index (κ2) is 2.91. The summed E-state index contributed by atoms with van der Waals surface area (Å²) in [5, 5.41) is 3.40. The van der Waals surface area contributed by atoms with Crippen molar-refractivity contribution in [1.82, 2.24) is 0 Å². The van der Waals surface area contributed by atoms with Crippen molar-refractivity contribution in [3.63, 3.8) is 0 Å². The van der Waals surface area contributed by atoms with Crippen molar-refractivity contribution < 1.29 is 4.74 Å². The van der Waals surface area contributed by atoms with Crippen molar-refractivity contribution in [3.8, 4) is 5.75 Å². The summed E-state index contributed by atoms with van der Waals surface area (Å²) in [7, 11) is 0. The molecule has 70 valence electrons. The molecule has 1 aliphatic heterocycles. The van der Waals surface area contributed by atoms with Crippen molar-refractivity contribution in [2.75, 3.05) is 5.32 Å². The third-order valence-corrected chi connectivity index (χ3v) is 2.52. The highest BCUT2D eigenvalue weighted by molar-refractivity contribution is 5.63. The first-order valence-electron chi connectivity index (χ1n) is 4.87. The normalized spacial score (nSPS) is 18.0. The van der Waals surface area contributed by atoms with E-state index in [1.54, 1.807) is 0 Å². The highest BCUT2D eigenvalue weighted by Crippen LogP contribution is 2.35. The first-order valence-corrected chi connectivity index (χ1v) is 4.87. The molecule has 0 amide bonds. The smallest absolute Gasteiger partial charge is 0.150 e. The molecule has 2 nitrogen and oxygen atoms in total. The van der Waals surface area contributed by atoms with Gasteiger partial charge in [0.25, 0.3) is 0 Å². The van der Waals surface area contributed by atoms with Crippen LogP contribution in [0.15, 0.2) is 47.9 Å². The molecule has 0 bridgehead atoms. The van der Waals surface area contributed by atoms with Gasteiger partial charge in [0, 0.05) is 0 Å². The Bertz CT molecular complexity index is 432. The van der Waals surface area contributed by atoms with Gasteiger partial charge in [-0.3, -0.25) is 0 Å². The van der Waals surface area contributed by atoms with Gasteiger partial charge in [-0.25, -0.2) is 0 Å². The molecule has 1 aromatic carbocycles.